The standard InChI is InChI=1S/C13H24F2N2O2/c1-4-19-12(18)13(2,16-10-5-6-10)7-8-17(3)9-11(14)15/h10-11,16H,4-9H2,1-3H3. The van der Waals surface area contributed by atoms with E-state index in [2.05, 4.69) is 5.32 Å². The van der Waals surface area contributed by atoms with Crippen molar-refractivity contribution >= 4 is 5.97 Å². The fourth-order valence-electron chi connectivity index (χ4n) is 1.94. The quantitative estimate of drug-likeness (QED) is 0.651. The van der Waals surface area contributed by atoms with Crippen LogP contribution in [0.25, 0.3) is 0 Å². The number of halogens is 2. The average Bonchev–Trinajstić information content (AvgIpc) is 3.10. The number of carbonyl (C=O) groups excluding carboxylic acids is 1. The van der Waals surface area contributed by atoms with Crippen LogP contribution in [0.2, 0.25) is 0 Å². The third-order valence-corrected chi connectivity index (χ3v) is 3.27. The Labute approximate surface area is 113 Å². The van der Waals surface area contributed by atoms with E-state index in [1.54, 1.807) is 20.9 Å². The molecule has 1 fully saturated rings. The topological polar surface area (TPSA) is 41.6 Å². The first-order valence-electron chi connectivity index (χ1n) is 6.79. The van der Waals surface area contributed by atoms with Crippen LogP contribution in [-0.2, 0) is 9.53 Å². The Morgan fingerprint density at radius 1 is 1.53 bits per heavy atom. The van der Waals surface area contributed by atoms with E-state index in [9.17, 15) is 13.6 Å². The molecule has 6 heteroatoms. The summed E-state index contributed by atoms with van der Waals surface area (Å²) in [5.41, 5.74) is -0.784. The van der Waals surface area contributed by atoms with E-state index in [1.807, 2.05) is 0 Å². The summed E-state index contributed by atoms with van der Waals surface area (Å²) in [5, 5.41) is 3.27. The van der Waals surface area contributed by atoms with Crippen LogP contribution < -0.4 is 5.32 Å². The van der Waals surface area contributed by atoms with Crippen molar-refractivity contribution < 1.29 is 18.3 Å². The third-order valence-electron chi connectivity index (χ3n) is 3.27. The van der Waals surface area contributed by atoms with Crippen LogP contribution in [-0.4, -0.2) is 55.6 Å². The number of hydrogen-bond acceptors (Lipinski definition) is 4. The first kappa shape index (κ1) is 16.3. The molecule has 1 atom stereocenters. The van der Waals surface area contributed by atoms with Crippen LogP contribution in [0.3, 0.4) is 0 Å². The zero-order chi connectivity index (χ0) is 14.5. The number of carbonyl (C=O) groups is 1. The SMILES string of the molecule is CCOC(=O)C(C)(CCN(C)CC(F)F)NC1CC1. The maximum absolute atomic E-state index is 12.3. The molecule has 0 spiro atoms. The summed E-state index contributed by atoms with van der Waals surface area (Å²) in [4.78, 5) is 13.6. The molecule has 0 bridgehead atoms. The van der Waals surface area contributed by atoms with Gasteiger partial charge in [-0.1, -0.05) is 0 Å². The summed E-state index contributed by atoms with van der Waals surface area (Å²) in [7, 11) is 1.63. The predicted octanol–water partition coefficient (Wildman–Crippen LogP) is 1.65. The minimum Gasteiger partial charge on any atom is -0.465 e. The smallest absolute Gasteiger partial charge is 0.326 e. The van der Waals surface area contributed by atoms with Crippen molar-refractivity contribution in [3.05, 3.63) is 0 Å². The molecule has 1 rings (SSSR count). The minimum atomic E-state index is -2.35. The van der Waals surface area contributed by atoms with Crippen LogP contribution in [0.4, 0.5) is 8.78 Å². The molecule has 1 aliphatic carbocycles. The average molecular weight is 278 g/mol. The van der Waals surface area contributed by atoms with Crippen molar-refractivity contribution in [1.82, 2.24) is 10.2 Å². The van der Waals surface area contributed by atoms with Gasteiger partial charge in [-0.3, -0.25) is 10.1 Å². The molecule has 0 aromatic rings. The molecule has 0 radical (unpaired) electrons. The van der Waals surface area contributed by atoms with Gasteiger partial charge in [0.05, 0.1) is 13.2 Å². The van der Waals surface area contributed by atoms with Crippen LogP contribution in [0.5, 0.6) is 0 Å². The van der Waals surface area contributed by atoms with Crippen molar-refractivity contribution in [3.8, 4) is 0 Å². The van der Waals surface area contributed by atoms with Gasteiger partial charge in [0.2, 0.25) is 0 Å². The highest BCUT2D eigenvalue weighted by atomic mass is 19.3. The van der Waals surface area contributed by atoms with Gasteiger partial charge in [0.15, 0.2) is 0 Å². The molecule has 112 valence electrons. The summed E-state index contributed by atoms with van der Waals surface area (Å²) in [6, 6.07) is 0.356. The van der Waals surface area contributed by atoms with E-state index in [0.717, 1.165) is 12.8 Å². The lowest BCUT2D eigenvalue weighted by Crippen LogP contribution is -2.53. The van der Waals surface area contributed by atoms with E-state index >= 15 is 0 Å². The molecule has 1 unspecified atom stereocenters. The Morgan fingerprint density at radius 3 is 2.63 bits per heavy atom. The zero-order valence-electron chi connectivity index (χ0n) is 11.9. The predicted molar refractivity (Wildman–Crippen MR) is 69.3 cm³/mol. The summed E-state index contributed by atoms with van der Waals surface area (Å²) in [6.07, 6.45) is 0.227. The largest absolute Gasteiger partial charge is 0.465 e. The number of esters is 1. The second-order valence-corrected chi connectivity index (χ2v) is 5.37. The van der Waals surface area contributed by atoms with Gasteiger partial charge in [0, 0.05) is 12.6 Å². The molecular formula is C13H24F2N2O2. The number of nitrogens with zero attached hydrogens (tertiary/aromatic N) is 1. The molecule has 0 aromatic heterocycles. The number of alkyl halides is 2. The number of nitrogens with one attached hydrogen (secondary N) is 1. The van der Waals surface area contributed by atoms with E-state index in [-0.39, 0.29) is 12.5 Å². The van der Waals surface area contributed by atoms with Crippen LogP contribution in [0.1, 0.15) is 33.1 Å². The second-order valence-electron chi connectivity index (χ2n) is 5.37. The third kappa shape index (κ3) is 5.82. The first-order valence-corrected chi connectivity index (χ1v) is 6.79. The highest BCUT2D eigenvalue weighted by Crippen LogP contribution is 2.25. The summed E-state index contributed by atoms with van der Waals surface area (Å²) < 4.78 is 29.6. The van der Waals surface area contributed by atoms with Crippen LogP contribution in [0.15, 0.2) is 0 Å². The maximum Gasteiger partial charge on any atom is 0.326 e. The van der Waals surface area contributed by atoms with Gasteiger partial charge < -0.3 is 9.64 Å². The van der Waals surface area contributed by atoms with E-state index in [1.165, 1.54) is 4.90 Å². The summed E-state index contributed by atoms with van der Waals surface area (Å²) >= 11 is 0. The van der Waals surface area contributed by atoms with Crippen molar-refractivity contribution in [2.45, 2.75) is 51.1 Å². The lowest BCUT2D eigenvalue weighted by atomic mass is 9.97. The lowest BCUT2D eigenvalue weighted by Gasteiger charge is -2.30. The van der Waals surface area contributed by atoms with Crippen molar-refractivity contribution in [2.75, 3.05) is 26.7 Å². The van der Waals surface area contributed by atoms with Gasteiger partial charge in [0.1, 0.15) is 5.54 Å². The van der Waals surface area contributed by atoms with E-state index < -0.39 is 12.0 Å². The van der Waals surface area contributed by atoms with Gasteiger partial charge in [-0.15, -0.1) is 0 Å². The molecule has 0 aromatic carbocycles. The van der Waals surface area contributed by atoms with Crippen molar-refractivity contribution in [3.63, 3.8) is 0 Å². The fourth-order valence-corrected chi connectivity index (χ4v) is 1.94. The highest BCUT2D eigenvalue weighted by Gasteiger charge is 2.39. The van der Waals surface area contributed by atoms with Crippen molar-refractivity contribution in [1.29, 1.82) is 0 Å². The Kier molecular flexibility index (Phi) is 6.13. The highest BCUT2D eigenvalue weighted by molar-refractivity contribution is 5.80. The summed E-state index contributed by atoms with van der Waals surface area (Å²) in [5.74, 6) is -0.299. The molecule has 19 heavy (non-hydrogen) atoms. The van der Waals surface area contributed by atoms with Crippen LogP contribution >= 0.6 is 0 Å². The molecule has 0 aliphatic heterocycles. The molecule has 0 amide bonds. The van der Waals surface area contributed by atoms with E-state index in [0.29, 0.717) is 25.6 Å². The molecule has 0 heterocycles. The number of hydrogen-bond donors (Lipinski definition) is 1. The summed E-state index contributed by atoms with van der Waals surface area (Å²) in [6.45, 7) is 4.03. The van der Waals surface area contributed by atoms with Crippen molar-refractivity contribution in [2.24, 2.45) is 0 Å². The van der Waals surface area contributed by atoms with Crippen LogP contribution in [0, 0.1) is 0 Å². The van der Waals surface area contributed by atoms with E-state index in [4.69, 9.17) is 4.74 Å². The number of rotatable bonds is 9. The maximum atomic E-state index is 12.3. The molecular weight excluding hydrogens is 254 g/mol. The first-order chi connectivity index (χ1) is 8.87. The zero-order valence-corrected chi connectivity index (χ0v) is 11.9. The molecule has 1 aliphatic rings. The van der Waals surface area contributed by atoms with Gasteiger partial charge in [0.25, 0.3) is 6.43 Å². The Morgan fingerprint density at radius 2 is 2.16 bits per heavy atom. The molecule has 0 saturated heterocycles. The molecule has 1 saturated carbocycles. The van der Waals surface area contributed by atoms with Gasteiger partial charge in [-0.2, -0.15) is 0 Å². The normalized spacial score (nSPS) is 18.7. The van der Waals surface area contributed by atoms with Gasteiger partial charge >= 0.3 is 5.97 Å². The Balaban J connectivity index is 2.50. The number of ether oxygens (including phenoxy) is 1. The molecule has 4 nitrogen and oxygen atoms in total. The fraction of sp³-hybridized carbons (Fsp3) is 0.923. The van der Waals surface area contributed by atoms with Gasteiger partial charge in [-0.25, -0.2) is 8.78 Å². The monoisotopic (exact) mass is 278 g/mol. The molecule has 1 N–H and O–H groups in total. The minimum absolute atomic E-state index is 0.275. The second kappa shape index (κ2) is 7.14. The van der Waals surface area contributed by atoms with Gasteiger partial charge in [-0.05, 0) is 40.2 Å². The Hall–Kier alpha value is -0.750. The Bertz CT molecular complexity index is 298. The lowest BCUT2D eigenvalue weighted by molar-refractivity contribution is -0.151.